The van der Waals surface area contributed by atoms with Gasteiger partial charge in [-0.05, 0) is 106 Å². The summed E-state index contributed by atoms with van der Waals surface area (Å²) in [6.07, 6.45) is -4.21. The molecule has 0 aromatic heterocycles. The van der Waals surface area contributed by atoms with Crippen LogP contribution < -0.4 is 81.0 Å². The van der Waals surface area contributed by atoms with Crippen molar-refractivity contribution in [2.45, 2.75) is 238 Å². The number of nitrogens with two attached hydrogens (primary N) is 3. The van der Waals surface area contributed by atoms with Gasteiger partial charge in [0.25, 0.3) is 0 Å². The Balaban J connectivity index is 2.42. The van der Waals surface area contributed by atoms with Crippen molar-refractivity contribution in [2.75, 3.05) is 0 Å². The molecule has 2 aromatic rings. The van der Waals surface area contributed by atoms with E-state index in [2.05, 4.69) is 63.8 Å². The molecule has 36 nitrogen and oxygen atoms in total. The van der Waals surface area contributed by atoms with Gasteiger partial charge >= 0.3 is 17.9 Å². The summed E-state index contributed by atoms with van der Waals surface area (Å²) in [6.45, 7) is 17.4. The van der Waals surface area contributed by atoms with Crippen LogP contribution in [0.1, 0.15) is 158 Å². The molecule has 0 radical (unpaired) electrons. The average Bonchev–Trinajstić information content (AvgIpc) is 0.858. The van der Waals surface area contributed by atoms with Crippen LogP contribution in [0.25, 0.3) is 0 Å². The fourth-order valence-electron chi connectivity index (χ4n) is 10.5. The molecule has 0 heterocycles. The third-order valence-corrected chi connectivity index (χ3v) is 16.8. The van der Waals surface area contributed by atoms with Crippen LogP contribution in [-0.4, -0.2) is 200 Å². The summed E-state index contributed by atoms with van der Waals surface area (Å²) in [4.78, 5) is 226. The number of carbonyl (C=O) groups excluding carboxylic acids is 14. The van der Waals surface area contributed by atoms with E-state index in [0.717, 1.165) is 0 Å². The molecule has 0 fully saturated rings. The lowest BCUT2D eigenvalue weighted by atomic mass is 9.96. The molecule has 0 spiro atoms. The number of phenols is 1. The fraction of sp³-hybridized carbons (Fsp3) is 0.586. The van der Waals surface area contributed by atoms with Crippen LogP contribution >= 0.6 is 0 Å². The van der Waals surface area contributed by atoms with E-state index in [1.165, 1.54) is 52.0 Å². The lowest BCUT2D eigenvalue weighted by molar-refractivity contribution is -0.144. The number of rotatable bonds is 48. The Kier molecular flexibility index (Phi) is 39.1. The molecule has 22 N–H and O–H groups in total. The highest BCUT2D eigenvalue weighted by Gasteiger charge is 2.38. The molecule has 14 atom stereocenters. The van der Waals surface area contributed by atoms with Gasteiger partial charge in [-0.1, -0.05) is 104 Å². The van der Waals surface area contributed by atoms with Crippen LogP contribution in [0.15, 0.2) is 54.6 Å². The summed E-state index contributed by atoms with van der Waals surface area (Å²) in [6, 6.07) is -5.50. The van der Waals surface area contributed by atoms with Gasteiger partial charge < -0.3 is 101 Å². The van der Waals surface area contributed by atoms with Crippen molar-refractivity contribution in [1.82, 2.24) is 63.8 Å². The number of carboxylic acid groups (broad SMARTS) is 3. The first kappa shape index (κ1) is 91.3. The lowest BCUT2D eigenvalue weighted by Gasteiger charge is -2.29. The summed E-state index contributed by atoms with van der Waals surface area (Å²) >= 11 is 0. The van der Waals surface area contributed by atoms with Crippen LogP contribution in [0, 0.1) is 23.7 Å². The minimum absolute atomic E-state index is 0.0640. The van der Waals surface area contributed by atoms with Crippen molar-refractivity contribution in [1.29, 1.82) is 0 Å². The smallest absolute Gasteiger partial charge is 0.326 e. The van der Waals surface area contributed by atoms with E-state index in [1.54, 1.807) is 51.1 Å². The average molecular weight is 1490 g/mol. The van der Waals surface area contributed by atoms with E-state index in [4.69, 9.17) is 22.3 Å². The molecular formula is C70H107N15O21. The predicted molar refractivity (Wildman–Crippen MR) is 382 cm³/mol. The number of carbonyl (C=O) groups is 17. The van der Waals surface area contributed by atoms with Gasteiger partial charge in [0.05, 0.1) is 6.04 Å². The van der Waals surface area contributed by atoms with Crippen molar-refractivity contribution in [2.24, 2.45) is 40.9 Å². The maximum atomic E-state index is 14.5. The molecule has 588 valence electrons. The molecule has 0 aliphatic heterocycles. The molecule has 0 aliphatic carbocycles. The van der Waals surface area contributed by atoms with Crippen LogP contribution in [-0.2, 0) is 94.3 Å². The number of amides is 14. The fourth-order valence-corrected chi connectivity index (χ4v) is 10.5. The highest BCUT2D eigenvalue weighted by atomic mass is 16.4. The predicted octanol–water partition coefficient (Wildman–Crippen LogP) is -2.48. The Bertz CT molecular complexity index is 3390. The molecule has 2 rings (SSSR count). The number of primary amides is 2. The molecule has 0 saturated heterocycles. The number of hydrogen-bond donors (Lipinski definition) is 19. The summed E-state index contributed by atoms with van der Waals surface area (Å²) in [5, 5.41) is 68.1. The van der Waals surface area contributed by atoms with Crippen LogP contribution in [0.2, 0.25) is 0 Å². The first-order valence-corrected chi connectivity index (χ1v) is 35.0. The number of hydrogen-bond acceptors (Lipinski definition) is 19. The highest BCUT2D eigenvalue weighted by Crippen LogP contribution is 2.17. The number of nitrogens with one attached hydrogen (secondary N) is 12. The lowest BCUT2D eigenvalue weighted by Crippen LogP contribution is -2.61. The zero-order chi connectivity index (χ0) is 80.4. The molecular weight excluding hydrogens is 1390 g/mol. The van der Waals surface area contributed by atoms with E-state index in [9.17, 15) is 96.8 Å². The number of carboxylic acids is 3. The van der Waals surface area contributed by atoms with Gasteiger partial charge in [0.15, 0.2) is 0 Å². The quantitative estimate of drug-likeness (QED) is 0.0326. The van der Waals surface area contributed by atoms with E-state index in [-0.39, 0.29) is 56.1 Å². The molecule has 2 aromatic carbocycles. The van der Waals surface area contributed by atoms with Gasteiger partial charge in [-0.15, -0.1) is 0 Å². The Morgan fingerprint density at radius 3 is 1.11 bits per heavy atom. The molecule has 0 saturated carbocycles. The van der Waals surface area contributed by atoms with Crippen molar-refractivity contribution >= 4 is 101 Å². The Morgan fingerprint density at radius 2 is 0.689 bits per heavy atom. The number of aromatic hydroxyl groups is 1. The zero-order valence-corrected chi connectivity index (χ0v) is 61.7. The number of phenolic OH excluding ortho intramolecular Hbond substituents is 1. The van der Waals surface area contributed by atoms with Crippen molar-refractivity contribution < 1.29 is 102 Å². The largest absolute Gasteiger partial charge is 0.508 e. The molecule has 14 amide bonds. The van der Waals surface area contributed by atoms with Crippen LogP contribution in [0.3, 0.4) is 0 Å². The highest BCUT2D eigenvalue weighted by molar-refractivity contribution is 6.00. The third-order valence-electron chi connectivity index (χ3n) is 16.8. The van der Waals surface area contributed by atoms with Gasteiger partial charge in [0.1, 0.15) is 78.3 Å². The van der Waals surface area contributed by atoms with Crippen molar-refractivity contribution in [3.63, 3.8) is 0 Å². The second-order valence-electron chi connectivity index (χ2n) is 27.4. The molecule has 0 bridgehead atoms. The van der Waals surface area contributed by atoms with Gasteiger partial charge in [-0.3, -0.25) is 76.7 Å². The Morgan fingerprint density at radius 1 is 0.358 bits per heavy atom. The van der Waals surface area contributed by atoms with Crippen LogP contribution in [0.4, 0.5) is 0 Å². The van der Waals surface area contributed by atoms with Gasteiger partial charge in [0.2, 0.25) is 82.7 Å². The SMILES string of the molecule is CC[C@H](C)[C@H](NC(=O)[C@H](CCC(N)=O)NC(=O)[C@H](Cc1ccc(O)cc1)NC(=O)[C@H](C)NC(=O)[C@H](Cc1ccccc1)NC(=O)[C@H](C)NC(=O)[C@H](C)NC(=O)[C@@H](NC(=O)[C@H](CCC(N)=O)NC(=O)[C@H](CC(C)C)NC(=O)[C@@H](N)CC(C)C)C(C)C)C(=O)N[C@@H](CCC(=O)O)C(=O)N[C@@H](CCC(=O)O)C(=O)O. The van der Waals surface area contributed by atoms with Gasteiger partial charge in [-0.25, -0.2) is 4.79 Å². The van der Waals surface area contributed by atoms with Crippen molar-refractivity contribution in [3.05, 3.63) is 65.7 Å². The zero-order valence-electron chi connectivity index (χ0n) is 61.7. The maximum Gasteiger partial charge on any atom is 0.326 e. The second-order valence-corrected chi connectivity index (χ2v) is 27.4. The second kappa shape index (κ2) is 45.4. The monoisotopic (exact) mass is 1490 g/mol. The maximum absolute atomic E-state index is 14.5. The summed E-state index contributed by atoms with van der Waals surface area (Å²) in [7, 11) is 0. The molecule has 106 heavy (non-hydrogen) atoms. The van der Waals surface area contributed by atoms with E-state index < -0.39 is 230 Å². The van der Waals surface area contributed by atoms with Gasteiger partial charge in [-0.2, -0.15) is 0 Å². The summed E-state index contributed by atoms with van der Waals surface area (Å²) in [5.74, 6) is -19.2. The Hall–Kier alpha value is -10.8. The third kappa shape index (κ3) is 33.8. The first-order chi connectivity index (χ1) is 49.5. The molecule has 36 heteroatoms. The minimum atomic E-state index is -1.77. The number of aliphatic carboxylic acids is 3. The summed E-state index contributed by atoms with van der Waals surface area (Å²) in [5.41, 5.74) is 17.8. The van der Waals surface area contributed by atoms with E-state index in [1.807, 2.05) is 27.7 Å². The topological polar surface area (TPSA) is 594 Å². The normalized spacial score (nSPS) is 15.1. The Labute approximate surface area is 614 Å². The molecule has 0 unspecified atom stereocenters. The van der Waals surface area contributed by atoms with Crippen molar-refractivity contribution in [3.8, 4) is 5.75 Å². The van der Waals surface area contributed by atoms with Crippen LogP contribution in [0.5, 0.6) is 5.75 Å². The number of benzene rings is 2. The minimum Gasteiger partial charge on any atom is -0.508 e. The van der Waals surface area contributed by atoms with E-state index in [0.29, 0.717) is 17.5 Å². The standard InChI is InChI=1S/C70H107N15O21/c1-12-37(8)57(69(104)79-47(24-28-54(89)90)62(97)80-48(70(105)106)25-29-55(91)92)85-64(99)46(23-27-53(73)88)78-67(102)51(33-42-18-20-43(86)21-19-42)82-60(95)40(11)75-65(100)50(32-41-16-14-13-15-17-41)81-59(94)39(10)74-58(93)38(9)76-68(103)56(36(6)7)84-63(98)45(22-26-52(72)87)77-66(101)49(31-35(4)5)83-61(96)44(71)30-34(2)3/h13-21,34-40,44-51,56-57,86H,12,22-33,71H2,1-11H3,(H2,72,87)(H2,73,88)(H,74,93)(H,75,100)(H,76,103)(H,77,101)(H,78,102)(H,79,104)(H,80,97)(H,81,94)(H,82,95)(H,83,96)(H,84,98)(H,85,99)(H,89,90)(H,91,92)(H,105,106)/t37-,38-,39-,40-,44-,45-,46-,47-,48-,49-,50-,51-,56-,57-/m0/s1. The van der Waals surface area contributed by atoms with Gasteiger partial charge in [0, 0.05) is 38.5 Å². The molecule has 0 aliphatic rings. The summed E-state index contributed by atoms with van der Waals surface area (Å²) < 4.78 is 0. The van der Waals surface area contributed by atoms with E-state index >= 15 is 0 Å². The first-order valence-electron chi connectivity index (χ1n) is 35.0.